The van der Waals surface area contributed by atoms with Gasteiger partial charge in [-0.1, -0.05) is 12.1 Å². The van der Waals surface area contributed by atoms with Gasteiger partial charge in [0.1, 0.15) is 0 Å². The number of nitrogens with one attached hydrogen (secondary N) is 2. The van der Waals surface area contributed by atoms with Crippen LogP contribution in [0.4, 0.5) is 10.5 Å². The number of hydrogen-bond acceptors (Lipinski definition) is 4. The standard InChI is InChI=1S/C15H18N4O2/c1-10-7-17-14(8-16-10)9-18-15(21)19-13-5-3-4-12(6-13)11(2)20/h3-8,11,20H,9H2,1-2H3,(H2,18,19,21). The fourth-order valence-electron chi connectivity index (χ4n) is 1.73. The van der Waals surface area contributed by atoms with Gasteiger partial charge in [-0.2, -0.15) is 0 Å². The third-order valence-corrected chi connectivity index (χ3v) is 2.89. The van der Waals surface area contributed by atoms with Crippen molar-refractivity contribution in [3.8, 4) is 0 Å². The molecular weight excluding hydrogens is 268 g/mol. The van der Waals surface area contributed by atoms with Crippen LogP contribution in [0.25, 0.3) is 0 Å². The predicted molar refractivity (Wildman–Crippen MR) is 79.7 cm³/mol. The zero-order valence-corrected chi connectivity index (χ0v) is 12.0. The lowest BCUT2D eigenvalue weighted by atomic mass is 10.1. The molecule has 0 spiro atoms. The molecule has 6 heteroatoms. The second-order valence-corrected chi connectivity index (χ2v) is 4.76. The molecule has 2 aromatic rings. The number of rotatable bonds is 4. The van der Waals surface area contributed by atoms with Gasteiger partial charge >= 0.3 is 6.03 Å². The Morgan fingerprint density at radius 3 is 2.81 bits per heavy atom. The van der Waals surface area contributed by atoms with Crippen molar-refractivity contribution in [2.24, 2.45) is 0 Å². The maximum atomic E-state index is 11.8. The molecule has 110 valence electrons. The van der Waals surface area contributed by atoms with E-state index in [2.05, 4.69) is 20.6 Å². The number of aromatic nitrogens is 2. The number of hydrogen-bond donors (Lipinski definition) is 3. The van der Waals surface area contributed by atoms with E-state index in [0.29, 0.717) is 17.9 Å². The lowest BCUT2D eigenvalue weighted by Crippen LogP contribution is -2.28. The molecule has 0 saturated heterocycles. The van der Waals surface area contributed by atoms with Crippen LogP contribution in [-0.2, 0) is 6.54 Å². The van der Waals surface area contributed by atoms with E-state index in [0.717, 1.165) is 11.3 Å². The SMILES string of the molecule is Cc1cnc(CNC(=O)Nc2cccc(C(C)O)c2)cn1. The first-order valence-electron chi connectivity index (χ1n) is 6.65. The van der Waals surface area contributed by atoms with Crippen molar-refractivity contribution in [1.29, 1.82) is 0 Å². The number of nitrogens with zero attached hydrogens (tertiary/aromatic N) is 2. The molecule has 0 fully saturated rings. The molecule has 0 aliphatic rings. The van der Waals surface area contributed by atoms with E-state index >= 15 is 0 Å². The van der Waals surface area contributed by atoms with Gasteiger partial charge in [0.05, 0.1) is 30.2 Å². The average molecular weight is 286 g/mol. The van der Waals surface area contributed by atoms with Gasteiger partial charge in [-0.05, 0) is 31.5 Å². The van der Waals surface area contributed by atoms with Crippen molar-refractivity contribution in [3.63, 3.8) is 0 Å². The molecule has 6 nitrogen and oxygen atoms in total. The van der Waals surface area contributed by atoms with Crippen LogP contribution in [0.15, 0.2) is 36.7 Å². The molecule has 0 bridgehead atoms. The predicted octanol–water partition coefficient (Wildman–Crippen LogP) is 2.16. The van der Waals surface area contributed by atoms with E-state index in [9.17, 15) is 9.90 Å². The topological polar surface area (TPSA) is 87.1 Å². The van der Waals surface area contributed by atoms with Crippen molar-refractivity contribution in [2.45, 2.75) is 26.5 Å². The van der Waals surface area contributed by atoms with Crippen LogP contribution in [0.5, 0.6) is 0 Å². The van der Waals surface area contributed by atoms with Gasteiger partial charge in [0.2, 0.25) is 0 Å². The third-order valence-electron chi connectivity index (χ3n) is 2.89. The average Bonchev–Trinajstić information content (AvgIpc) is 2.47. The Hall–Kier alpha value is -2.47. The van der Waals surface area contributed by atoms with Gasteiger partial charge in [0.15, 0.2) is 0 Å². The molecule has 1 aromatic heterocycles. The van der Waals surface area contributed by atoms with E-state index in [1.165, 1.54) is 0 Å². The fourth-order valence-corrected chi connectivity index (χ4v) is 1.73. The number of aryl methyl sites for hydroxylation is 1. The highest BCUT2D eigenvalue weighted by molar-refractivity contribution is 5.89. The first kappa shape index (κ1) is 14.9. The van der Waals surface area contributed by atoms with Gasteiger partial charge in [0, 0.05) is 11.9 Å². The summed E-state index contributed by atoms with van der Waals surface area (Å²) in [5.74, 6) is 0. The molecule has 1 atom stereocenters. The minimum absolute atomic E-state index is 0.301. The Kier molecular flexibility index (Phi) is 4.84. The van der Waals surface area contributed by atoms with E-state index < -0.39 is 6.10 Å². The van der Waals surface area contributed by atoms with Gasteiger partial charge in [-0.15, -0.1) is 0 Å². The highest BCUT2D eigenvalue weighted by Crippen LogP contribution is 2.16. The summed E-state index contributed by atoms with van der Waals surface area (Å²) in [7, 11) is 0. The lowest BCUT2D eigenvalue weighted by Gasteiger charge is -2.10. The summed E-state index contributed by atoms with van der Waals surface area (Å²) in [6, 6.07) is 6.74. The summed E-state index contributed by atoms with van der Waals surface area (Å²) < 4.78 is 0. The van der Waals surface area contributed by atoms with Gasteiger partial charge in [0.25, 0.3) is 0 Å². The normalized spacial score (nSPS) is 11.8. The monoisotopic (exact) mass is 286 g/mol. The number of urea groups is 1. The van der Waals surface area contributed by atoms with Crippen LogP contribution < -0.4 is 10.6 Å². The van der Waals surface area contributed by atoms with E-state index in [1.807, 2.05) is 6.92 Å². The van der Waals surface area contributed by atoms with Gasteiger partial charge in [-0.3, -0.25) is 9.97 Å². The van der Waals surface area contributed by atoms with Crippen molar-refractivity contribution >= 4 is 11.7 Å². The third kappa shape index (κ3) is 4.54. The van der Waals surface area contributed by atoms with E-state index in [4.69, 9.17) is 0 Å². The molecular formula is C15H18N4O2. The number of anilines is 1. The van der Waals surface area contributed by atoms with Crippen LogP contribution in [0.3, 0.4) is 0 Å². The minimum atomic E-state index is -0.572. The molecule has 21 heavy (non-hydrogen) atoms. The maximum Gasteiger partial charge on any atom is 0.319 e. The lowest BCUT2D eigenvalue weighted by molar-refractivity contribution is 0.199. The van der Waals surface area contributed by atoms with Crippen molar-refractivity contribution in [2.75, 3.05) is 5.32 Å². The second kappa shape index (κ2) is 6.81. The molecule has 1 unspecified atom stereocenters. The molecule has 2 rings (SSSR count). The molecule has 2 amide bonds. The van der Waals surface area contributed by atoms with Crippen LogP contribution in [0.2, 0.25) is 0 Å². The maximum absolute atomic E-state index is 11.8. The number of benzene rings is 1. The van der Waals surface area contributed by atoms with Gasteiger partial charge in [-0.25, -0.2) is 4.79 Å². The zero-order valence-electron chi connectivity index (χ0n) is 12.0. The van der Waals surface area contributed by atoms with Gasteiger partial charge < -0.3 is 15.7 Å². The number of aliphatic hydroxyl groups is 1. The molecule has 1 heterocycles. The molecule has 0 aliphatic heterocycles. The summed E-state index contributed by atoms with van der Waals surface area (Å²) in [6.07, 6.45) is 2.71. The number of aliphatic hydroxyl groups excluding tert-OH is 1. The first-order valence-corrected chi connectivity index (χ1v) is 6.65. The van der Waals surface area contributed by atoms with Crippen molar-refractivity contribution in [3.05, 3.63) is 53.6 Å². The smallest absolute Gasteiger partial charge is 0.319 e. The van der Waals surface area contributed by atoms with Crippen LogP contribution >= 0.6 is 0 Å². The Labute approximate surface area is 123 Å². The Bertz CT molecular complexity index is 611. The largest absolute Gasteiger partial charge is 0.389 e. The second-order valence-electron chi connectivity index (χ2n) is 4.76. The molecule has 0 radical (unpaired) electrons. The zero-order chi connectivity index (χ0) is 15.2. The van der Waals surface area contributed by atoms with E-state index in [1.54, 1.807) is 43.6 Å². The van der Waals surface area contributed by atoms with E-state index in [-0.39, 0.29) is 6.03 Å². The summed E-state index contributed by atoms with van der Waals surface area (Å²) >= 11 is 0. The summed E-state index contributed by atoms with van der Waals surface area (Å²) in [4.78, 5) is 20.1. The van der Waals surface area contributed by atoms with Crippen LogP contribution in [0, 0.1) is 6.92 Å². The molecule has 0 aliphatic carbocycles. The molecule has 1 aromatic carbocycles. The summed E-state index contributed by atoms with van der Waals surface area (Å²) in [5.41, 5.74) is 2.89. The Morgan fingerprint density at radius 1 is 1.33 bits per heavy atom. The molecule has 0 saturated carbocycles. The summed E-state index contributed by atoms with van der Waals surface area (Å²) in [6.45, 7) is 3.83. The summed E-state index contributed by atoms with van der Waals surface area (Å²) in [5, 5.41) is 14.9. The quantitative estimate of drug-likeness (QED) is 0.803. The number of carbonyl (C=O) groups excluding carboxylic acids is 1. The van der Waals surface area contributed by atoms with Crippen LogP contribution in [-0.4, -0.2) is 21.1 Å². The van der Waals surface area contributed by atoms with Crippen molar-refractivity contribution < 1.29 is 9.90 Å². The number of carbonyl (C=O) groups is 1. The minimum Gasteiger partial charge on any atom is -0.389 e. The molecule has 3 N–H and O–H groups in total. The highest BCUT2D eigenvalue weighted by Gasteiger charge is 2.05. The van der Waals surface area contributed by atoms with Crippen LogP contribution in [0.1, 0.15) is 30.0 Å². The van der Waals surface area contributed by atoms with Crippen molar-refractivity contribution in [1.82, 2.24) is 15.3 Å². The number of amides is 2. The highest BCUT2D eigenvalue weighted by atomic mass is 16.3. The first-order chi connectivity index (χ1) is 10.0. The Morgan fingerprint density at radius 2 is 2.14 bits per heavy atom. The fraction of sp³-hybridized carbons (Fsp3) is 0.267. The Balaban J connectivity index is 1.89.